The summed E-state index contributed by atoms with van der Waals surface area (Å²) in [5, 5.41) is 6.19. The number of rotatable bonds is 7. The number of benzene rings is 2. The Kier molecular flexibility index (Phi) is 9.92. The van der Waals surface area contributed by atoms with Gasteiger partial charge < -0.3 is 20.3 Å². The lowest BCUT2D eigenvalue weighted by molar-refractivity contribution is 0.0523. The third-order valence-electron chi connectivity index (χ3n) is 7.60. The van der Waals surface area contributed by atoms with Crippen LogP contribution in [0.4, 0.5) is 15.3 Å². The SMILES string of the molecule is Cc1ccc(-c2c(CNC(=O)OC(C)(C)C)c(CC(C)C)nc(C)c2NC(=O)N2CCC(c3ccccc3)CC2)cc1. The Hall–Kier alpha value is -3.87. The van der Waals surface area contributed by atoms with Crippen LogP contribution < -0.4 is 10.6 Å². The topological polar surface area (TPSA) is 83.6 Å². The van der Waals surface area contributed by atoms with Crippen LogP contribution in [-0.2, 0) is 17.7 Å². The first-order chi connectivity index (χ1) is 19.9. The number of carbonyl (C=O) groups is 2. The molecule has 1 aliphatic heterocycles. The van der Waals surface area contributed by atoms with Gasteiger partial charge in [0.15, 0.2) is 0 Å². The van der Waals surface area contributed by atoms with Crippen LogP contribution in [0.5, 0.6) is 0 Å². The second kappa shape index (κ2) is 13.4. The molecule has 0 radical (unpaired) electrons. The van der Waals surface area contributed by atoms with Crippen molar-refractivity contribution < 1.29 is 14.3 Å². The van der Waals surface area contributed by atoms with Gasteiger partial charge in [0.05, 0.1) is 11.4 Å². The third kappa shape index (κ3) is 8.11. The van der Waals surface area contributed by atoms with Crippen molar-refractivity contribution in [2.75, 3.05) is 18.4 Å². The van der Waals surface area contributed by atoms with E-state index in [1.165, 1.54) is 5.56 Å². The van der Waals surface area contributed by atoms with Crippen molar-refractivity contribution in [2.45, 2.75) is 85.8 Å². The van der Waals surface area contributed by atoms with Gasteiger partial charge in [0.1, 0.15) is 5.60 Å². The maximum atomic E-state index is 13.7. The van der Waals surface area contributed by atoms with Crippen LogP contribution in [0.3, 0.4) is 0 Å². The van der Waals surface area contributed by atoms with Gasteiger partial charge in [-0.15, -0.1) is 0 Å². The summed E-state index contributed by atoms with van der Waals surface area (Å²) in [6.07, 6.45) is 2.11. The predicted octanol–water partition coefficient (Wildman–Crippen LogP) is 8.00. The normalized spacial score (nSPS) is 14.1. The fourth-order valence-electron chi connectivity index (χ4n) is 5.54. The summed E-state index contributed by atoms with van der Waals surface area (Å²) >= 11 is 0. The minimum atomic E-state index is -0.608. The number of anilines is 1. The number of hydrogen-bond donors (Lipinski definition) is 2. The molecule has 0 bridgehead atoms. The number of aryl methyl sites for hydroxylation is 2. The lowest BCUT2D eigenvalue weighted by atomic mass is 9.89. The molecule has 2 N–H and O–H groups in total. The molecule has 2 heterocycles. The highest BCUT2D eigenvalue weighted by Gasteiger charge is 2.27. The van der Waals surface area contributed by atoms with Gasteiger partial charge in [0.25, 0.3) is 0 Å². The van der Waals surface area contributed by atoms with E-state index in [2.05, 4.69) is 79.9 Å². The van der Waals surface area contributed by atoms with E-state index in [9.17, 15) is 9.59 Å². The van der Waals surface area contributed by atoms with Crippen molar-refractivity contribution in [2.24, 2.45) is 5.92 Å². The lowest BCUT2D eigenvalue weighted by Gasteiger charge is -2.33. The maximum Gasteiger partial charge on any atom is 0.407 e. The Morgan fingerprint density at radius 2 is 1.64 bits per heavy atom. The Morgan fingerprint density at radius 3 is 2.24 bits per heavy atom. The Balaban J connectivity index is 1.67. The number of nitrogens with zero attached hydrogens (tertiary/aromatic N) is 2. The molecule has 4 rings (SSSR count). The molecule has 0 atom stereocenters. The molecule has 0 saturated carbocycles. The predicted molar refractivity (Wildman–Crippen MR) is 170 cm³/mol. The average Bonchev–Trinajstić information content (AvgIpc) is 2.93. The van der Waals surface area contributed by atoms with Crippen molar-refractivity contribution >= 4 is 17.8 Å². The van der Waals surface area contributed by atoms with Crippen LogP contribution >= 0.6 is 0 Å². The summed E-state index contributed by atoms with van der Waals surface area (Å²) in [7, 11) is 0. The highest BCUT2D eigenvalue weighted by Crippen LogP contribution is 2.37. The first-order valence-electron chi connectivity index (χ1n) is 15.1. The molecule has 3 amide bonds. The van der Waals surface area contributed by atoms with Crippen LogP contribution in [0.1, 0.15) is 81.5 Å². The molecule has 1 fully saturated rings. The minimum absolute atomic E-state index is 0.123. The van der Waals surface area contributed by atoms with Gasteiger partial charge in [-0.05, 0) is 76.8 Å². The fourth-order valence-corrected chi connectivity index (χ4v) is 5.54. The number of alkyl carbamates (subject to hydrolysis) is 1. The summed E-state index contributed by atoms with van der Waals surface area (Å²) in [5.74, 6) is 0.817. The number of carbonyl (C=O) groups excluding carboxylic acids is 2. The van der Waals surface area contributed by atoms with E-state index in [4.69, 9.17) is 9.72 Å². The highest BCUT2D eigenvalue weighted by molar-refractivity contribution is 5.96. The molecule has 1 aliphatic rings. The Bertz CT molecular complexity index is 1370. The van der Waals surface area contributed by atoms with E-state index in [-0.39, 0.29) is 12.6 Å². The molecule has 2 aromatic carbocycles. The zero-order valence-electron chi connectivity index (χ0n) is 26.2. The number of aromatic nitrogens is 1. The van der Waals surface area contributed by atoms with E-state index >= 15 is 0 Å². The molecule has 0 unspecified atom stereocenters. The maximum absolute atomic E-state index is 13.7. The van der Waals surface area contributed by atoms with E-state index in [0.29, 0.717) is 30.6 Å². The first-order valence-corrected chi connectivity index (χ1v) is 15.1. The fraction of sp³-hybridized carbons (Fsp3) is 0.457. The van der Waals surface area contributed by atoms with Gasteiger partial charge in [0, 0.05) is 36.5 Å². The molecule has 7 heteroatoms. The third-order valence-corrected chi connectivity index (χ3v) is 7.60. The van der Waals surface area contributed by atoms with Crippen LogP contribution in [0.25, 0.3) is 11.1 Å². The summed E-state index contributed by atoms with van der Waals surface area (Å²) in [5.41, 5.74) is 6.98. The van der Waals surface area contributed by atoms with Crippen LogP contribution in [0, 0.1) is 19.8 Å². The van der Waals surface area contributed by atoms with Gasteiger partial charge in [0.2, 0.25) is 0 Å². The molecule has 0 aliphatic carbocycles. The largest absolute Gasteiger partial charge is 0.444 e. The minimum Gasteiger partial charge on any atom is -0.444 e. The van der Waals surface area contributed by atoms with Gasteiger partial charge >= 0.3 is 12.1 Å². The second-order valence-corrected chi connectivity index (χ2v) is 12.8. The smallest absolute Gasteiger partial charge is 0.407 e. The van der Waals surface area contributed by atoms with Crippen molar-refractivity contribution in [3.8, 4) is 11.1 Å². The monoisotopic (exact) mass is 570 g/mol. The van der Waals surface area contributed by atoms with Gasteiger partial charge in [-0.25, -0.2) is 9.59 Å². The van der Waals surface area contributed by atoms with E-state index < -0.39 is 11.7 Å². The van der Waals surface area contributed by atoms with Crippen molar-refractivity contribution in [3.63, 3.8) is 0 Å². The van der Waals surface area contributed by atoms with Crippen LogP contribution in [-0.4, -0.2) is 40.7 Å². The quantitative estimate of drug-likeness (QED) is 0.301. The molecule has 224 valence electrons. The number of likely N-dealkylation sites (tertiary alicyclic amines) is 1. The summed E-state index contributed by atoms with van der Waals surface area (Å²) < 4.78 is 5.53. The van der Waals surface area contributed by atoms with Crippen molar-refractivity contribution in [3.05, 3.63) is 82.7 Å². The lowest BCUT2D eigenvalue weighted by Crippen LogP contribution is -2.41. The molecule has 7 nitrogen and oxygen atoms in total. The van der Waals surface area contributed by atoms with Crippen LogP contribution in [0.15, 0.2) is 54.6 Å². The van der Waals surface area contributed by atoms with Crippen molar-refractivity contribution in [1.82, 2.24) is 15.2 Å². The number of urea groups is 1. The van der Waals surface area contributed by atoms with Gasteiger partial charge in [-0.3, -0.25) is 4.98 Å². The number of hydrogen-bond acceptors (Lipinski definition) is 4. The zero-order chi connectivity index (χ0) is 30.4. The number of nitrogens with one attached hydrogen (secondary N) is 2. The first kappa shape index (κ1) is 31.1. The molecular weight excluding hydrogens is 524 g/mol. The van der Waals surface area contributed by atoms with E-state index in [1.807, 2.05) is 38.7 Å². The van der Waals surface area contributed by atoms with Crippen molar-refractivity contribution in [1.29, 1.82) is 0 Å². The number of pyridine rings is 1. The zero-order valence-corrected chi connectivity index (χ0v) is 26.2. The molecule has 42 heavy (non-hydrogen) atoms. The number of piperidine rings is 1. The molecule has 3 aromatic rings. The molecule has 1 saturated heterocycles. The Morgan fingerprint density at radius 1 is 1.00 bits per heavy atom. The highest BCUT2D eigenvalue weighted by atomic mass is 16.6. The molecular formula is C35H46N4O3. The number of amides is 3. The average molecular weight is 571 g/mol. The summed E-state index contributed by atoms with van der Waals surface area (Å²) in [4.78, 5) is 33.3. The standard InChI is InChI=1S/C35H46N4O3/c1-23(2)21-30-29(22-36-34(41)42-35(5,6)7)31(28-15-13-24(3)14-16-28)32(25(4)37-30)38-33(40)39-19-17-27(18-20-39)26-11-9-8-10-12-26/h8-16,23,27H,17-22H2,1-7H3,(H,36,41)(H,38,40). The second-order valence-electron chi connectivity index (χ2n) is 12.8. The summed E-state index contributed by atoms with van der Waals surface area (Å²) in [6.45, 7) is 15.5. The van der Waals surface area contributed by atoms with E-state index in [0.717, 1.165) is 52.9 Å². The Labute approximate surface area is 251 Å². The van der Waals surface area contributed by atoms with Gasteiger partial charge in [-0.2, -0.15) is 0 Å². The molecule has 0 spiro atoms. The van der Waals surface area contributed by atoms with Crippen LogP contribution in [0.2, 0.25) is 0 Å². The summed E-state index contributed by atoms with van der Waals surface area (Å²) in [6, 6.07) is 18.7. The number of ether oxygens (including phenoxy) is 1. The van der Waals surface area contributed by atoms with Gasteiger partial charge in [-0.1, -0.05) is 74.0 Å². The van der Waals surface area contributed by atoms with E-state index in [1.54, 1.807) is 0 Å². The molecule has 1 aromatic heterocycles.